The second-order valence-corrected chi connectivity index (χ2v) is 7.80. The third-order valence-electron chi connectivity index (χ3n) is 5.42. The molecule has 0 bridgehead atoms. The number of ether oxygens (including phenoxy) is 1. The lowest BCUT2D eigenvalue weighted by atomic mass is 10.0. The Labute approximate surface area is 181 Å². The Hall–Kier alpha value is -2.65. The average Bonchev–Trinajstić information content (AvgIpc) is 2.72. The van der Waals surface area contributed by atoms with Crippen molar-refractivity contribution in [1.82, 2.24) is 15.5 Å². The van der Waals surface area contributed by atoms with Gasteiger partial charge in [0.2, 0.25) is 0 Å². The van der Waals surface area contributed by atoms with Crippen molar-refractivity contribution in [1.29, 1.82) is 0 Å². The summed E-state index contributed by atoms with van der Waals surface area (Å²) in [7, 11) is 0. The molecular weight excluding hydrogens is 401 g/mol. The minimum absolute atomic E-state index is 0.123. The van der Waals surface area contributed by atoms with Gasteiger partial charge in [-0.3, -0.25) is 0 Å². The van der Waals surface area contributed by atoms with Crippen LogP contribution in [0.25, 0.3) is 0 Å². The number of hydrogen-bond acceptors (Lipinski definition) is 7. The van der Waals surface area contributed by atoms with E-state index in [0.29, 0.717) is 19.1 Å². The van der Waals surface area contributed by atoms with Crippen molar-refractivity contribution in [2.45, 2.75) is 45.1 Å². The van der Waals surface area contributed by atoms with E-state index in [1.807, 2.05) is 13.0 Å². The molecule has 7 nitrogen and oxygen atoms in total. The number of hydrogen-bond donors (Lipinski definition) is 5. The van der Waals surface area contributed by atoms with E-state index >= 15 is 0 Å². The highest BCUT2D eigenvalue weighted by molar-refractivity contribution is 5.28. The smallest absolute Gasteiger partial charge is 0.417 e. The van der Waals surface area contributed by atoms with Crippen LogP contribution in [0.15, 0.2) is 54.9 Å². The summed E-state index contributed by atoms with van der Waals surface area (Å²) in [5.74, 6) is 0.675. The fraction of sp³-hybridized carbons (Fsp3) is 0.391. The van der Waals surface area contributed by atoms with Crippen molar-refractivity contribution < 1.29 is 24.4 Å². The summed E-state index contributed by atoms with van der Waals surface area (Å²) in [5, 5.41) is 33.4. The van der Waals surface area contributed by atoms with Gasteiger partial charge in [-0.1, -0.05) is 24.8 Å². The lowest BCUT2D eigenvalue weighted by Gasteiger charge is -2.38. The highest BCUT2D eigenvalue weighted by Crippen LogP contribution is 2.22. The molecule has 31 heavy (non-hydrogen) atoms. The quantitative estimate of drug-likeness (QED) is 0.387. The molecule has 0 aromatic heterocycles. The number of benzene rings is 2. The third kappa shape index (κ3) is 6.93. The van der Waals surface area contributed by atoms with Crippen LogP contribution in [0.4, 0.5) is 4.39 Å². The van der Waals surface area contributed by atoms with E-state index in [2.05, 4.69) is 26.8 Å². The molecule has 0 unspecified atom stereocenters. The van der Waals surface area contributed by atoms with Gasteiger partial charge in [0.25, 0.3) is 0 Å². The molecule has 1 aliphatic rings. The van der Waals surface area contributed by atoms with Gasteiger partial charge < -0.3 is 35.6 Å². The molecule has 1 saturated heterocycles. The van der Waals surface area contributed by atoms with E-state index in [1.165, 1.54) is 18.2 Å². The topological polar surface area (TPSA) is 97.2 Å². The maximum absolute atomic E-state index is 13.5. The zero-order chi connectivity index (χ0) is 22.4. The van der Waals surface area contributed by atoms with Crippen molar-refractivity contribution in [3.63, 3.8) is 0 Å². The molecule has 0 aliphatic carbocycles. The first-order chi connectivity index (χ1) is 14.7. The summed E-state index contributed by atoms with van der Waals surface area (Å²) in [6, 6.07) is 11.8. The van der Waals surface area contributed by atoms with Crippen molar-refractivity contribution in [2.24, 2.45) is 0 Å². The molecule has 2 aromatic carbocycles. The van der Waals surface area contributed by atoms with Crippen LogP contribution in [0.2, 0.25) is 0 Å². The Morgan fingerprint density at radius 2 is 1.87 bits per heavy atom. The molecule has 2 aromatic rings. The molecule has 1 heterocycles. The number of aryl methyl sites for hydroxylation is 1. The minimum Gasteiger partial charge on any atom is -0.417 e. The fourth-order valence-corrected chi connectivity index (χ4v) is 3.72. The van der Waals surface area contributed by atoms with Gasteiger partial charge in [-0.2, -0.15) is 0 Å². The molecule has 0 atom stereocenters. The molecule has 0 radical (unpaired) electrons. The second kappa shape index (κ2) is 10.1. The average molecular weight is 432 g/mol. The molecular formula is C23H30FN3O4. The van der Waals surface area contributed by atoms with Gasteiger partial charge in [0, 0.05) is 19.1 Å². The predicted octanol–water partition coefficient (Wildman–Crippen LogP) is 1.92. The van der Waals surface area contributed by atoms with Crippen LogP contribution in [-0.4, -0.2) is 45.5 Å². The number of piperidine rings is 1. The molecule has 168 valence electrons. The van der Waals surface area contributed by atoms with Crippen LogP contribution in [0.3, 0.4) is 0 Å². The SMILES string of the molecule is C=C(NCc1ccc(OC(O)(O)O)cc1)N(Cc1ccc(F)cc1C)C1CCNCC1. The van der Waals surface area contributed by atoms with Crippen molar-refractivity contribution in [2.75, 3.05) is 13.1 Å². The molecule has 8 heteroatoms. The van der Waals surface area contributed by atoms with E-state index in [0.717, 1.165) is 48.4 Å². The monoisotopic (exact) mass is 431 g/mol. The van der Waals surface area contributed by atoms with Crippen LogP contribution < -0.4 is 15.4 Å². The van der Waals surface area contributed by atoms with Crippen molar-refractivity contribution in [3.8, 4) is 5.75 Å². The summed E-state index contributed by atoms with van der Waals surface area (Å²) in [6.45, 7) is 9.20. The van der Waals surface area contributed by atoms with Crippen molar-refractivity contribution >= 4 is 0 Å². The summed E-state index contributed by atoms with van der Waals surface area (Å²) >= 11 is 0. The summed E-state index contributed by atoms with van der Waals surface area (Å²) < 4.78 is 18.1. The molecule has 0 amide bonds. The largest absolute Gasteiger partial charge is 0.453 e. The normalized spacial score (nSPS) is 14.9. The second-order valence-electron chi connectivity index (χ2n) is 7.80. The zero-order valence-corrected chi connectivity index (χ0v) is 17.6. The number of halogens is 1. The van der Waals surface area contributed by atoms with Gasteiger partial charge in [0.1, 0.15) is 11.6 Å². The van der Waals surface area contributed by atoms with Crippen LogP contribution >= 0.6 is 0 Å². The number of rotatable bonds is 9. The van der Waals surface area contributed by atoms with Crippen LogP contribution in [-0.2, 0) is 13.1 Å². The fourth-order valence-electron chi connectivity index (χ4n) is 3.72. The number of aliphatic hydroxyl groups is 3. The van der Waals surface area contributed by atoms with Crippen LogP contribution in [0.5, 0.6) is 5.75 Å². The summed E-state index contributed by atoms with van der Waals surface area (Å²) in [6.07, 6.45) is -1.21. The lowest BCUT2D eigenvalue weighted by molar-refractivity contribution is -0.419. The number of nitrogens with one attached hydrogen (secondary N) is 2. The molecule has 0 spiro atoms. The third-order valence-corrected chi connectivity index (χ3v) is 5.42. The lowest BCUT2D eigenvalue weighted by Crippen LogP contribution is -2.44. The van der Waals surface area contributed by atoms with Gasteiger partial charge >= 0.3 is 6.16 Å². The van der Waals surface area contributed by atoms with E-state index in [-0.39, 0.29) is 11.6 Å². The van der Waals surface area contributed by atoms with Gasteiger partial charge in [0.15, 0.2) is 0 Å². The van der Waals surface area contributed by atoms with Gasteiger partial charge in [-0.05, 0) is 73.8 Å². The van der Waals surface area contributed by atoms with Crippen LogP contribution in [0, 0.1) is 12.7 Å². The van der Waals surface area contributed by atoms with Crippen molar-refractivity contribution in [3.05, 3.63) is 77.4 Å². The molecule has 5 N–H and O–H groups in total. The Bertz CT molecular complexity index is 877. The minimum atomic E-state index is -3.21. The molecule has 1 fully saturated rings. The van der Waals surface area contributed by atoms with E-state index in [4.69, 9.17) is 15.3 Å². The van der Waals surface area contributed by atoms with Gasteiger partial charge in [-0.15, -0.1) is 0 Å². The Morgan fingerprint density at radius 3 is 2.48 bits per heavy atom. The number of nitrogens with zero attached hydrogens (tertiary/aromatic N) is 1. The van der Waals surface area contributed by atoms with Crippen LogP contribution in [0.1, 0.15) is 29.5 Å². The Kier molecular flexibility index (Phi) is 7.50. The standard InChI is InChI=1S/C23H30FN3O4/c1-16-13-20(24)6-5-19(16)15-27(21-9-11-25-12-10-21)17(2)26-14-18-3-7-22(8-4-18)31-23(28,29)30/h3-8,13,21,25-26,28-30H,2,9-12,14-15H2,1H3. The van der Waals surface area contributed by atoms with E-state index < -0.39 is 6.16 Å². The zero-order valence-electron chi connectivity index (χ0n) is 17.6. The predicted molar refractivity (Wildman–Crippen MR) is 115 cm³/mol. The first-order valence-corrected chi connectivity index (χ1v) is 10.3. The van der Waals surface area contributed by atoms with E-state index in [9.17, 15) is 4.39 Å². The molecule has 3 rings (SSSR count). The maximum atomic E-state index is 13.5. The van der Waals surface area contributed by atoms with Gasteiger partial charge in [-0.25, -0.2) is 4.39 Å². The van der Waals surface area contributed by atoms with Gasteiger partial charge in [0.05, 0.1) is 5.82 Å². The molecule has 0 saturated carbocycles. The Morgan fingerprint density at radius 1 is 1.19 bits per heavy atom. The molecule has 1 aliphatic heterocycles. The first-order valence-electron chi connectivity index (χ1n) is 10.3. The highest BCUT2D eigenvalue weighted by atomic mass is 19.1. The Balaban J connectivity index is 1.66. The first kappa shape index (κ1) is 23.0. The summed E-state index contributed by atoms with van der Waals surface area (Å²) in [4.78, 5) is 2.25. The maximum Gasteiger partial charge on any atom is 0.453 e. The highest BCUT2D eigenvalue weighted by Gasteiger charge is 2.23. The summed E-state index contributed by atoms with van der Waals surface area (Å²) in [5.41, 5.74) is 2.90. The van der Waals surface area contributed by atoms with E-state index in [1.54, 1.807) is 18.2 Å².